The summed E-state index contributed by atoms with van der Waals surface area (Å²) in [6.07, 6.45) is 11.8. The SMILES string of the molecule is C=CC[N+]1(N2C=CC=CC=N2)CCNCC1. The van der Waals surface area contributed by atoms with Crippen LogP contribution in [0.5, 0.6) is 0 Å². The molecule has 0 atom stereocenters. The number of piperazine rings is 1. The second-order valence-corrected chi connectivity index (χ2v) is 4.07. The number of nitrogens with one attached hydrogen (secondary N) is 1. The molecule has 4 heteroatoms. The fourth-order valence-corrected chi connectivity index (χ4v) is 2.16. The van der Waals surface area contributed by atoms with Crippen LogP contribution in [0.15, 0.2) is 42.2 Å². The largest absolute Gasteiger partial charge is 0.306 e. The van der Waals surface area contributed by atoms with E-state index in [-0.39, 0.29) is 0 Å². The van der Waals surface area contributed by atoms with Crippen molar-refractivity contribution in [1.82, 2.24) is 10.4 Å². The molecule has 1 saturated heterocycles. The summed E-state index contributed by atoms with van der Waals surface area (Å²) in [6.45, 7) is 8.94. The summed E-state index contributed by atoms with van der Waals surface area (Å²) in [7, 11) is 0. The van der Waals surface area contributed by atoms with Crippen molar-refractivity contribution in [2.75, 3.05) is 32.7 Å². The summed E-state index contributed by atoms with van der Waals surface area (Å²) < 4.78 is 0.838. The van der Waals surface area contributed by atoms with Gasteiger partial charge in [-0.05, 0) is 18.2 Å². The van der Waals surface area contributed by atoms with Crippen molar-refractivity contribution in [3.8, 4) is 0 Å². The Balaban J connectivity index is 2.20. The summed E-state index contributed by atoms with van der Waals surface area (Å²) >= 11 is 0. The lowest BCUT2D eigenvalue weighted by Gasteiger charge is -2.43. The number of quaternary nitrogens is 1. The Morgan fingerprint density at radius 1 is 1.31 bits per heavy atom. The second-order valence-electron chi connectivity index (χ2n) is 4.07. The van der Waals surface area contributed by atoms with E-state index in [2.05, 4.69) is 17.0 Å². The van der Waals surface area contributed by atoms with E-state index in [0.29, 0.717) is 0 Å². The Morgan fingerprint density at radius 3 is 2.88 bits per heavy atom. The highest BCUT2D eigenvalue weighted by Gasteiger charge is 2.34. The van der Waals surface area contributed by atoms with Gasteiger partial charge in [-0.2, -0.15) is 4.59 Å². The maximum absolute atomic E-state index is 4.47. The Morgan fingerprint density at radius 2 is 2.12 bits per heavy atom. The van der Waals surface area contributed by atoms with Crippen LogP contribution in [0.3, 0.4) is 0 Å². The highest BCUT2D eigenvalue weighted by Crippen LogP contribution is 2.17. The van der Waals surface area contributed by atoms with E-state index in [9.17, 15) is 0 Å². The van der Waals surface area contributed by atoms with Crippen molar-refractivity contribution in [2.45, 2.75) is 0 Å². The lowest BCUT2D eigenvalue weighted by Crippen LogP contribution is -2.64. The van der Waals surface area contributed by atoms with Gasteiger partial charge in [-0.25, -0.2) is 0 Å². The molecule has 2 rings (SSSR count). The molecular weight excluding hydrogens is 200 g/mol. The molecule has 1 N–H and O–H groups in total. The molecule has 0 aliphatic carbocycles. The second kappa shape index (κ2) is 5.09. The minimum Gasteiger partial charge on any atom is -0.306 e. The lowest BCUT2D eigenvalue weighted by atomic mass is 10.3. The van der Waals surface area contributed by atoms with Gasteiger partial charge < -0.3 is 5.32 Å². The van der Waals surface area contributed by atoms with Gasteiger partial charge in [-0.1, -0.05) is 12.7 Å². The molecule has 2 aliphatic heterocycles. The van der Waals surface area contributed by atoms with Crippen LogP contribution in [0.1, 0.15) is 0 Å². The van der Waals surface area contributed by atoms with Gasteiger partial charge >= 0.3 is 0 Å². The van der Waals surface area contributed by atoms with Crippen LogP contribution < -0.4 is 5.32 Å². The van der Waals surface area contributed by atoms with Crippen LogP contribution in [0.25, 0.3) is 0 Å². The van der Waals surface area contributed by atoms with E-state index in [1.54, 1.807) is 0 Å². The van der Waals surface area contributed by atoms with Crippen LogP contribution >= 0.6 is 0 Å². The van der Waals surface area contributed by atoms with E-state index >= 15 is 0 Å². The molecule has 0 amide bonds. The third kappa shape index (κ3) is 2.23. The Bertz CT molecular complexity index is 308. The van der Waals surface area contributed by atoms with Crippen LogP contribution in [0, 0.1) is 0 Å². The van der Waals surface area contributed by atoms with E-state index < -0.39 is 0 Å². The van der Waals surface area contributed by atoms with Crippen LogP contribution in [0.4, 0.5) is 0 Å². The average molecular weight is 219 g/mol. The molecule has 0 spiro atoms. The Labute approximate surface area is 96.8 Å². The predicted octanol–water partition coefficient (Wildman–Crippen LogP) is 0.879. The molecule has 4 nitrogen and oxygen atoms in total. The minimum absolute atomic E-state index is 0.838. The molecule has 86 valence electrons. The highest BCUT2D eigenvalue weighted by atomic mass is 15.9. The summed E-state index contributed by atoms with van der Waals surface area (Å²) in [5.74, 6) is 0. The standard InChI is InChI=1S/C12H19N4/c1-2-10-16(11-7-13-8-12-16)15-9-5-3-4-6-14-15/h2-6,9,13H,1,7-8,10-12H2/q+1. The average Bonchev–Trinajstić information content (AvgIpc) is 2.59. The number of hydrogen-bond donors (Lipinski definition) is 1. The first-order chi connectivity index (χ1) is 7.87. The van der Waals surface area contributed by atoms with Gasteiger partial charge in [0, 0.05) is 13.1 Å². The number of allylic oxidation sites excluding steroid dienone is 3. The maximum Gasteiger partial charge on any atom is 0.121 e. The van der Waals surface area contributed by atoms with Gasteiger partial charge in [-0.15, -0.1) is 10.2 Å². The molecule has 1 fully saturated rings. The predicted molar refractivity (Wildman–Crippen MR) is 66.5 cm³/mol. The van der Waals surface area contributed by atoms with Crippen LogP contribution in [-0.2, 0) is 0 Å². The molecule has 0 radical (unpaired) electrons. The first-order valence-corrected chi connectivity index (χ1v) is 5.72. The first-order valence-electron chi connectivity index (χ1n) is 5.72. The zero-order valence-electron chi connectivity index (χ0n) is 9.55. The Hall–Kier alpha value is -1.39. The van der Waals surface area contributed by atoms with Gasteiger partial charge in [0.2, 0.25) is 0 Å². The fourth-order valence-electron chi connectivity index (χ4n) is 2.16. The third-order valence-corrected chi connectivity index (χ3v) is 3.03. The van der Waals surface area contributed by atoms with Gasteiger partial charge in [0.25, 0.3) is 0 Å². The van der Waals surface area contributed by atoms with Gasteiger partial charge in [0.05, 0.1) is 12.4 Å². The molecule has 0 bridgehead atoms. The van der Waals surface area contributed by atoms with E-state index in [0.717, 1.165) is 37.3 Å². The first kappa shape index (κ1) is 11.1. The monoisotopic (exact) mass is 219 g/mol. The van der Waals surface area contributed by atoms with Crippen molar-refractivity contribution in [2.24, 2.45) is 5.10 Å². The van der Waals surface area contributed by atoms with Crippen molar-refractivity contribution in [3.63, 3.8) is 0 Å². The number of rotatable bonds is 3. The van der Waals surface area contributed by atoms with E-state index in [1.807, 2.05) is 41.8 Å². The van der Waals surface area contributed by atoms with E-state index in [1.165, 1.54) is 0 Å². The van der Waals surface area contributed by atoms with Gasteiger partial charge in [0.1, 0.15) is 19.6 Å². The molecule has 16 heavy (non-hydrogen) atoms. The molecule has 0 aromatic rings. The molecule has 0 unspecified atom stereocenters. The maximum atomic E-state index is 4.47. The lowest BCUT2D eigenvalue weighted by molar-refractivity contribution is -1.02. The van der Waals surface area contributed by atoms with Crippen molar-refractivity contribution in [1.29, 1.82) is 0 Å². The van der Waals surface area contributed by atoms with Crippen LogP contribution in [-0.4, -0.2) is 48.6 Å². The smallest absolute Gasteiger partial charge is 0.121 e. The zero-order chi connectivity index (χ0) is 11.3. The topological polar surface area (TPSA) is 27.6 Å². The van der Waals surface area contributed by atoms with Crippen molar-refractivity contribution in [3.05, 3.63) is 37.1 Å². The fraction of sp³-hybridized carbons (Fsp3) is 0.417. The molecule has 2 aliphatic rings. The Kier molecular flexibility index (Phi) is 3.54. The zero-order valence-corrected chi connectivity index (χ0v) is 9.55. The molecule has 0 aromatic heterocycles. The summed E-state index contributed by atoms with van der Waals surface area (Å²) in [5.41, 5.74) is 0. The number of hydrazone groups is 1. The summed E-state index contributed by atoms with van der Waals surface area (Å²) in [4.78, 5) is 0. The van der Waals surface area contributed by atoms with E-state index in [4.69, 9.17) is 0 Å². The van der Waals surface area contributed by atoms with Gasteiger partial charge in [0.15, 0.2) is 0 Å². The number of hydrogen-bond acceptors (Lipinski definition) is 3. The minimum atomic E-state index is 0.838. The highest BCUT2D eigenvalue weighted by molar-refractivity contribution is 5.71. The molecule has 2 heterocycles. The summed E-state index contributed by atoms with van der Waals surface area (Å²) in [6, 6.07) is 0. The molecule has 0 saturated carbocycles. The van der Waals surface area contributed by atoms with Crippen molar-refractivity contribution >= 4 is 6.21 Å². The normalized spacial score (nSPS) is 23.1. The molecular formula is C12H19N4+. The molecule has 0 aromatic carbocycles. The third-order valence-electron chi connectivity index (χ3n) is 3.03. The number of nitrogens with zero attached hydrogens (tertiary/aromatic N) is 3. The van der Waals surface area contributed by atoms with Crippen molar-refractivity contribution < 1.29 is 4.59 Å². The van der Waals surface area contributed by atoms with Crippen LogP contribution in [0.2, 0.25) is 0 Å². The quantitative estimate of drug-likeness (QED) is 0.563. The summed E-state index contributed by atoms with van der Waals surface area (Å²) in [5, 5.41) is 9.90. The van der Waals surface area contributed by atoms with Gasteiger partial charge in [-0.3, -0.25) is 0 Å².